The number of anilines is 1. The third kappa shape index (κ3) is 4.72. The van der Waals surface area contributed by atoms with Crippen LogP contribution in [0, 0.1) is 12.8 Å². The van der Waals surface area contributed by atoms with Gasteiger partial charge < -0.3 is 5.32 Å². The average molecular weight is 503 g/mol. The molecule has 3 aromatic carbocycles. The van der Waals surface area contributed by atoms with Crippen molar-refractivity contribution in [2.75, 3.05) is 18.4 Å². The summed E-state index contributed by atoms with van der Waals surface area (Å²) in [6, 6.07) is 24.6. The van der Waals surface area contributed by atoms with Crippen LogP contribution in [0.25, 0.3) is 16.7 Å². The summed E-state index contributed by atoms with van der Waals surface area (Å²) in [6.45, 7) is 4.55. The lowest BCUT2D eigenvalue weighted by Crippen LogP contribution is -2.38. The lowest BCUT2D eigenvalue weighted by Gasteiger charge is -2.31. The van der Waals surface area contributed by atoms with Gasteiger partial charge in [0.15, 0.2) is 0 Å². The SMILES string of the molecule is Cc1ccccc1NC(=O)C1CCN(Cc2nc3ccccc3n2-c2ccc(Br)cc2)CC1. The second-order valence-corrected chi connectivity index (χ2v) is 9.60. The highest BCUT2D eigenvalue weighted by atomic mass is 79.9. The van der Waals surface area contributed by atoms with Gasteiger partial charge in [0.25, 0.3) is 0 Å². The Morgan fingerprint density at radius 2 is 1.70 bits per heavy atom. The Balaban J connectivity index is 1.30. The first-order valence-corrected chi connectivity index (χ1v) is 12.2. The molecule has 0 aliphatic carbocycles. The number of aryl methyl sites for hydroxylation is 1. The number of hydrogen-bond donors (Lipinski definition) is 1. The number of rotatable bonds is 5. The van der Waals surface area contributed by atoms with Crippen molar-refractivity contribution in [1.29, 1.82) is 0 Å². The molecule has 6 heteroatoms. The molecule has 2 heterocycles. The normalized spacial score (nSPS) is 15.1. The number of para-hydroxylation sites is 3. The Morgan fingerprint density at radius 3 is 2.45 bits per heavy atom. The molecule has 1 amide bonds. The van der Waals surface area contributed by atoms with Gasteiger partial charge in [-0.25, -0.2) is 4.98 Å². The van der Waals surface area contributed by atoms with Crippen LogP contribution in [0.15, 0.2) is 77.3 Å². The summed E-state index contributed by atoms with van der Waals surface area (Å²) in [4.78, 5) is 20.2. The maximum absolute atomic E-state index is 12.8. The number of benzene rings is 3. The minimum Gasteiger partial charge on any atom is -0.326 e. The summed E-state index contributed by atoms with van der Waals surface area (Å²) in [5.41, 5.74) is 5.22. The molecule has 0 saturated carbocycles. The number of carbonyl (C=O) groups excluding carboxylic acids is 1. The molecule has 33 heavy (non-hydrogen) atoms. The number of aromatic nitrogens is 2. The number of hydrogen-bond acceptors (Lipinski definition) is 3. The third-order valence-corrected chi connectivity index (χ3v) is 6.97. The Kier molecular flexibility index (Phi) is 6.29. The minimum atomic E-state index is 0.0474. The topological polar surface area (TPSA) is 50.2 Å². The van der Waals surface area contributed by atoms with Crippen molar-refractivity contribution in [3.63, 3.8) is 0 Å². The molecular formula is C27H27BrN4O. The van der Waals surface area contributed by atoms with Gasteiger partial charge in [0.2, 0.25) is 5.91 Å². The molecule has 0 bridgehead atoms. The van der Waals surface area contributed by atoms with Crippen LogP contribution >= 0.6 is 15.9 Å². The van der Waals surface area contributed by atoms with Crippen LogP contribution in [0.3, 0.4) is 0 Å². The van der Waals surface area contributed by atoms with Crippen molar-refractivity contribution < 1.29 is 4.79 Å². The molecule has 1 saturated heterocycles. The van der Waals surface area contributed by atoms with Crippen LogP contribution in [0.5, 0.6) is 0 Å². The number of nitrogens with one attached hydrogen (secondary N) is 1. The standard InChI is InChI=1S/C27H27BrN4O/c1-19-6-2-3-7-23(19)30-27(33)20-14-16-31(17-15-20)18-26-29-24-8-4-5-9-25(24)32(26)22-12-10-21(28)11-13-22/h2-13,20H,14-18H2,1H3,(H,30,33). The van der Waals surface area contributed by atoms with E-state index < -0.39 is 0 Å². The van der Waals surface area contributed by atoms with Gasteiger partial charge >= 0.3 is 0 Å². The Morgan fingerprint density at radius 1 is 1.00 bits per heavy atom. The lowest BCUT2D eigenvalue weighted by molar-refractivity contribution is -0.121. The predicted molar refractivity (Wildman–Crippen MR) is 137 cm³/mol. The number of piperidine rings is 1. The highest BCUT2D eigenvalue weighted by Crippen LogP contribution is 2.26. The van der Waals surface area contributed by atoms with Gasteiger partial charge in [-0.1, -0.05) is 46.3 Å². The molecule has 168 valence electrons. The summed E-state index contributed by atoms with van der Waals surface area (Å²) in [7, 11) is 0. The van der Waals surface area contributed by atoms with Crippen LogP contribution in [0.4, 0.5) is 5.69 Å². The van der Waals surface area contributed by atoms with Crippen LogP contribution in [-0.2, 0) is 11.3 Å². The number of likely N-dealkylation sites (tertiary alicyclic amines) is 1. The molecule has 0 atom stereocenters. The predicted octanol–water partition coefficient (Wildman–Crippen LogP) is 5.95. The van der Waals surface area contributed by atoms with E-state index in [-0.39, 0.29) is 11.8 Å². The van der Waals surface area contributed by atoms with E-state index in [1.807, 2.05) is 37.3 Å². The lowest BCUT2D eigenvalue weighted by atomic mass is 9.95. The summed E-state index contributed by atoms with van der Waals surface area (Å²) < 4.78 is 3.31. The van der Waals surface area contributed by atoms with E-state index in [0.717, 1.165) is 70.7 Å². The zero-order valence-corrected chi connectivity index (χ0v) is 20.3. The van der Waals surface area contributed by atoms with Crippen molar-refractivity contribution in [2.45, 2.75) is 26.3 Å². The zero-order chi connectivity index (χ0) is 22.8. The van der Waals surface area contributed by atoms with Gasteiger partial charge in [-0.2, -0.15) is 0 Å². The number of nitrogens with zero attached hydrogens (tertiary/aromatic N) is 3. The van der Waals surface area contributed by atoms with E-state index in [9.17, 15) is 4.79 Å². The number of halogens is 1. The molecule has 0 unspecified atom stereocenters. The molecule has 1 N–H and O–H groups in total. The summed E-state index contributed by atoms with van der Waals surface area (Å²) in [5, 5.41) is 3.12. The van der Waals surface area contributed by atoms with Crippen molar-refractivity contribution in [3.05, 3.63) is 88.7 Å². The summed E-state index contributed by atoms with van der Waals surface area (Å²) in [5.74, 6) is 1.21. The molecule has 5 rings (SSSR count). The first-order chi connectivity index (χ1) is 16.1. The van der Waals surface area contributed by atoms with Crippen LogP contribution < -0.4 is 5.32 Å². The van der Waals surface area contributed by atoms with E-state index in [2.05, 4.69) is 73.2 Å². The third-order valence-electron chi connectivity index (χ3n) is 6.44. The molecular weight excluding hydrogens is 476 g/mol. The fraction of sp³-hybridized carbons (Fsp3) is 0.259. The number of imidazole rings is 1. The molecule has 1 aromatic heterocycles. The second kappa shape index (κ2) is 9.49. The van der Waals surface area contributed by atoms with E-state index in [4.69, 9.17) is 4.98 Å². The van der Waals surface area contributed by atoms with Crippen molar-refractivity contribution in [2.24, 2.45) is 5.92 Å². The molecule has 1 fully saturated rings. The van der Waals surface area contributed by atoms with Gasteiger partial charge in [0.05, 0.1) is 17.6 Å². The van der Waals surface area contributed by atoms with E-state index in [1.54, 1.807) is 0 Å². The largest absolute Gasteiger partial charge is 0.326 e. The fourth-order valence-electron chi connectivity index (χ4n) is 4.56. The quantitative estimate of drug-likeness (QED) is 0.366. The summed E-state index contributed by atoms with van der Waals surface area (Å²) >= 11 is 3.53. The fourth-order valence-corrected chi connectivity index (χ4v) is 4.83. The van der Waals surface area contributed by atoms with Gasteiger partial charge in [0.1, 0.15) is 5.82 Å². The Bertz CT molecular complexity index is 1270. The number of amides is 1. The van der Waals surface area contributed by atoms with Gasteiger partial charge in [-0.3, -0.25) is 14.3 Å². The monoisotopic (exact) mass is 502 g/mol. The smallest absolute Gasteiger partial charge is 0.227 e. The highest BCUT2D eigenvalue weighted by Gasteiger charge is 2.26. The van der Waals surface area contributed by atoms with E-state index in [0.29, 0.717) is 0 Å². The number of carbonyl (C=O) groups is 1. The second-order valence-electron chi connectivity index (χ2n) is 8.68. The van der Waals surface area contributed by atoms with Crippen LogP contribution in [-0.4, -0.2) is 33.4 Å². The van der Waals surface area contributed by atoms with Crippen molar-refractivity contribution in [1.82, 2.24) is 14.5 Å². The maximum Gasteiger partial charge on any atom is 0.227 e. The molecule has 1 aliphatic heterocycles. The highest BCUT2D eigenvalue weighted by molar-refractivity contribution is 9.10. The van der Waals surface area contributed by atoms with E-state index >= 15 is 0 Å². The van der Waals surface area contributed by atoms with Gasteiger partial charge in [-0.05, 0) is 80.9 Å². The molecule has 1 aliphatic rings. The molecule has 4 aromatic rings. The maximum atomic E-state index is 12.8. The first-order valence-electron chi connectivity index (χ1n) is 11.4. The average Bonchev–Trinajstić information content (AvgIpc) is 3.19. The molecule has 0 spiro atoms. The van der Waals surface area contributed by atoms with Crippen LogP contribution in [0.1, 0.15) is 24.2 Å². The minimum absolute atomic E-state index is 0.0474. The van der Waals surface area contributed by atoms with Gasteiger partial charge in [0, 0.05) is 21.8 Å². The number of fused-ring (bicyclic) bond motifs is 1. The zero-order valence-electron chi connectivity index (χ0n) is 18.7. The van der Waals surface area contributed by atoms with Crippen molar-refractivity contribution in [3.8, 4) is 5.69 Å². The molecule has 5 nitrogen and oxygen atoms in total. The van der Waals surface area contributed by atoms with Crippen LogP contribution in [0.2, 0.25) is 0 Å². The first kappa shape index (κ1) is 21.9. The Labute approximate surface area is 202 Å². The van der Waals surface area contributed by atoms with E-state index in [1.165, 1.54) is 0 Å². The molecule has 0 radical (unpaired) electrons. The Hall–Kier alpha value is -2.96. The van der Waals surface area contributed by atoms with Gasteiger partial charge in [-0.15, -0.1) is 0 Å². The summed E-state index contributed by atoms with van der Waals surface area (Å²) in [6.07, 6.45) is 1.71. The van der Waals surface area contributed by atoms with Crippen molar-refractivity contribution >= 4 is 38.6 Å².